The number of halogens is 1. The molecule has 0 aromatic heterocycles. The smallest absolute Gasteiger partial charge is 0.325 e. The second kappa shape index (κ2) is 7.95. The molecule has 0 radical (unpaired) electrons. The number of carbonyl (C=O) groups excluding carboxylic acids is 1. The molecule has 4 nitrogen and oxygen atoms in total. The topological polar surface area (TPSA) is 47.6 Å². The largest absolute Gasteiger partial charge is 0.459 e. The number of ether oxygens (including phenoxy) is 2. The molecule has 0 aliphatic heterocycles. The van der Waals surface area contributed by atoms with Gasteiger partial charge in [-0.05, 0) is 38.1 Å². The lowest BCUT2D eigenvalue weighted by atomic mass is 10.3. The number of hydrogen-bond donors (Lipinski definition) is 1. The van der Waals surface area contributed by atoms with Crippen molar-refractivity contribution < 1.29 is 14.3 Å². The molecule has 18 heavy (non-hydrogen) atoms. The zero-order valence-corrected chi connectivity index (χ0v) is 11.4. The van der Waals surface area contributed by atoms with Crippen LogP contribution >= 0.6 is 11.6 Å². The van der Waals surface area contributed by atoms with E-state index in [1.54, 1.807) is 31.2 Å². The van der Waals surface area contributed by atoms with Gasteiger partial charge >= 0.3 is 5.97 Å². The minimum atomic E-state index is -0.308. The summed E-state index contributed by atoms with van der Waals surface area (Å²) in [6.45, 7) is 4.86. The van der Waals surface area contributed by atoms with Gasteiger partial charge in [0.25, 0.3) is 0 Å². The van der Waals surface area contributed by atoms with Gasteiger partial charge in [-0.15, -0.1) is 0 Å². The third-order valence-electron chi connectivity index (χ3n) is 2.17. The average molecular weight is 272 g/mol. The number of anilines is 1. The normalized spacial score (nSPS) is 11.9. The standard InChI is InChI=1S/C13H18ClNO3/c1-3-17-9-10(2)18-13(16)8-15-12-6-4-11(14)5-7-12/h4-7,10,15H,3,8-9H2,1-2H3. The maximum atomic E-state index is 11.5. The summed E-state index contributed by atoms with van der Waals surface area (Å²) in [5, 5.41) is 3.62. The monoisotopic (exact) mass is 271 g/mol. The molecule has 0 aliphatic rings. The third-order valence-corrected chi connectivity index (χ3v) is 2.42. The SMILES string of the molecule is CCOCC(C)OC(=O)CNc1ccc(Cl)cc1. The van der Waals surface area contributed by atoms with E-state index < -0.39 is 0 Å². The Hall–Kier alpha value is -1.26. The highest BCUT2D eigenvalue weighted by Crippen LogP contribution is 2.12. The molecule has 0 bridgehead atoms. The molecule has 1 aromatic rings. The maximum absolute atomic E-state index is 11.5. The molecule has 1 unspecified atom stereocenters. The van der Waals surface area contributed by atoms with Crippen LogP contribution in [0.2, 0.25) is 5.02 Å². The predicted octanol–water partition coefficient (Wildman–Crippen LogP) is 2.72. The maximum Gasteiger partial charge on any atom is 0.325 e. The molecule has 0 fully saturated rings. The van der Waals surface area contributed by atoms with E-state index in [4.69, 9.17) is 21.1 Å². The molecule has 0 saturated heterocycles. The minimum Gasteiger partial charge on any atom is -0.459 e. The Bertz CT molecular complexity index is 367. The van der Waals surface area contributed by atoms with Gasteiger partial charge < -0.3 is 14.8 Å². The molecule has 1 N–H and O–H groups in total. The molecule has 100 valence electrons. The fourth-order valence-corrected chi connectivity index (χ4v) is 1.45. The fraction of sp³-hybridized carbons (Fsp3) is 0.462. The Morgan fingerprint density at radius 3 is 2.67 bits per heavy atom. The van der Waals surface area contributed by atoms with Gasteiger partial charge in [-0.1, -0.05) is 11.6 Å². The van der Waals surface area contributed by atoms with Crippen LogP contribution in [0.25, 0.3) is 0 Å². The first kappa shape index (κ1) is 14.8. The highest BCUT2D eigenvalue weighted by atomic mass is 35.5. The molecule has 0 heterocycles. The van der Waals surface area contributed by atoms with Crippen LogP contribution in [0.4, 0.5) is 5.69 Å². The second-order valence-corrected chi connectivity index (χ2v) is 4.26. The number of benzene rings is 1. The van der Waals surface area contributed by atoms with Crippen molar-refractivity contribution in [2.45, 2.75) is 20.0 Å². The lowest BCUT2D eigenvalue weighted by Crippen LogP contribution is -2.25. The average Bonchev–Trinajstić information content (AvgIpc) is 2.35. The highest BCUT2D eigenvalue weighted by Gasteiger charge is 2.09. The van der Waals surface area contributed by atoms with E-state index in [2.05, 4.69) is 5.32 Å². The summed E-state index contributed by atoms with van der Waals surface area (Å²) < 4.78 is 10.3. The van der Waals surface area contributed by atoms with E-state index in [0.29, 0.717) is 18.2 Å². The van der Waals surface area contributed by atoms with Crippen LogP contribution in [0, 0.1) is 0 Å². The van der Waals surface area contributed by atoms with Gasteiger partial charge in [0.2, 0.25) is 0 Å². The Morgan fingerprint density at radius 1 is 1.39 bits per heavy atom. The number of esters is 1. The first-order valence-electron chi connectivity index (χ1n) is 5.88. The Labute approximate surface area is 112 Å². The molecular formula is C13H18ClNO3. The van der Waals surface area contributed by atoms with Gasteiger partial charge in [0.1, 0.15) is 12.6 Å². The number of rotatable bonds is 7. The Morgan fingerprint density at radius 2 is 2.06 bits per heavy atom. The zero-order chi connectivity index (χ0) is 13.4. The van der Waals surface area contributed by atoms with Crippen molar-refractivity contribution in [3.8, 4) is 0 Å². The molecule has 0 amide bonds. The number of hydrogen-bond acceptors (Lipinski definition) is 4. The lowest BCUT2D eigenvalue weighted by Gasteiger charge is -2.13. The first-order chi connectivity index (χ1) is 8.61. The van der Waals surface area contributed by atoms with E-state index >= 15 is 0 Å². The van der Waals surface area contributed by atoms with Crippen LogP contribution in [0.3, 0.4) is 0 Å². The van der Waals surface area contributed by atoms with Crippen molar-refractivity contribution >= 4 is 23.3 Å². The molecule has 1 rings (SSSR count). The summed E-state index contributed by atoms with van der Waals surface area (Å²) in [7, 11) is 0. The van der Waals surface area contributed by atoms with Crippen molar-refractivity contribution in [1.29, 1.82) is 0 Å². The van der Waals surface area contributed by atoms with Crippen LogP contribution in [-0.4, -0.2) is 31.8 Å². The molecule has 0 aliphatic carbocycles. The van der Waals surface area contributed by atoms with Crippen LogP contribution in [-0.2, 0) is 14.3 Å². The summed E-state index contributed by atoms with van der Waals surface area (Å²) >= 11 is 5.76. The van der Waals surface area contributed by atoms with Gasteiger partial charge in [-0.3, -0.25) is 4.79 Å². The number of nitrogens with one attached hydrogen (secondary N) is 1. The van der Waals surface area contributed by atoms with E-state index in [-0.39, 0.29) is 18.6 Å². The van der Waals surface area contributed by atoms with Crippen LogP contribution in [0.1, 0.15) is 13.8 Å². The van der Waals surface area contributed by atoms with Gasteiger partial charge in [0, 0.05) is 17.3 Å². The highest BCUT2D eigenvalue weighted by molar-refractivity contribution is 6.30. The second-order valence-electron chi connectivity index (χ2n) is 3.82. The van der Waals surface area contributed by atoms with Gasteiger partial charge in [-0.25, -0.2) is 0 Å². The van der Waals surface area contributed by atoms with Crippen molar-refractivity contribution in [2.24, 2.45) is 0 Å². The van der Waals surface area contributed by atoms with E-state index in [1.807, 2.05) is 6.92 Å². The van der Waals surface area contributed by atoms with Crippen molar-refractivity contribution in [3.05, 3.63) is 29.3 Å². The summed E-state index contributed by atoms with van der Waals surface area (Å²) in [5.74, 6) is -0.308. The first-order valence-corrected chi connectivity index (χ1v) is 6.26. The third kappa shape index (κ3) is 5.89. The number of carbonyl (C=O) groups is 1. The Balaban J connectivity index is 2.26. The molecular weight excluding hydrogens is 254 g/mol. The van der Waals surface area contributed by atoms with Gasteiger partial charge in [0.05, 0.1) is 6.61 Å². The quantitative estimate of drug-likeness (QED) is 0.775. The molecule has 1 aromatic carbocycles. The van der Waals surface area contributed by atoms with Crippen LogP contribution < -0.4 is 5.32 Å². The summed E-state index contributed by atoms with van der Waals surface area (Å²) in [6.07, 6.45) is -0.232. The van der Waals surface area contributed by atoms with E-state index in [9.17, 15) is 4.79 Å². The van der Waals surface area contributed by atoms with Gasteiger partial charge in [-0.2, -0.15) is 0 Å². The molecule has 5 heteroatoms. The lowest BCUT2D eigenvalue weighted by molar-refractivity contribution is -0.148. The van der Waals surface area contributed by atoms with Crippen molar-refractivity contribution in [1.82, 2.24) is 0 Å². The predicted molar refractivity (Wildman–Crippen MR) is 72.0 cm³/mol. The van der Waals surface area contributed by atoms with Crippen LogP contribution in [0.15, 0.2) is 24.3 Å². The van der Waals surface area contributed by atoms with Crippen molar-refractivity contribution in [3.63, 3.8) is 0 Å². The van der Waals surface area contributed by atoms with E-state index in [0.717, 1.165) is 5.69 Å². The summed E-state index contributed by atoms with van der Waals surface area (Å²) in [6, 6.07) is 7.12. The molecule has 1 atom stereocenters. The Kier molecular flexibility index (Phi) is 6.54. The van der Waals surface area contributed by atoms with Gasteiger partial charge in [0.15, 0.2) is 0 Å². The minimum absolute atomic E-state index is 0.123. The van der Waals surface area contributed by atoms with Crippen LogP contribution in [0.5, 0.6) is 0 Å². The summed E-state index contributed by atoms with van der Waals surface area (Å²) in [4.78, 5) is 11.5. The van der Waals surface area contributed by atoms with E-state index in [1.165, 1.54) is 0 Å². The molecule has 0 saturated carbocycles. The fourth-order valence-electron chi connectivity index (χ4n) is 1.33. The zero-order valence-electron chi connectivity index (χ0n) is 10.6. The summed E-state index contributed by atoms with van der Waals surface area (Å²) in [5.41, 5.74) is 0.828. The van der Waals surface area contributed by atoms with Crippen molar-refractivity contribution in [2.75, 3.05) is 25.1 Å². The molecule has 0 spiro atoms.